The van der Waals surface area contributed by atoms with Crippen LogP contribution >= 0.6 is 0 Å². The lowest BCUT2D eigenvalue weighted by Crippen LogP contribution is -2.44. The molecule has 0 aromatic rings. The molecule has 1 saturated heterocycles. The van der Waals surface area contributed by atoms with Crippen LogP contribution in [0.3, 0.4) is 0 Å². The van der Waals surface area contributed by atoms with Crippen LogP contribution in [-0.4, -0.2) is 12.5 Å². The van der Waals surface area contributed by atoms with Crippen molar-refractivity contribution in [1.29, 1.82) is 0 Å². The molecule has 0 aliphatic carbocycles. The van der Waals surface area contributed by atoms with Gasteiger partial charge in [-0.1, -0.05) is 20.8 Å². The van der Waals surface area contributed by atoms with E-state index in [1.165, 1.54) is 0 Å². The molecule has 0 spiro atoms. The van der Waals surface area contributed by atoms with Crippen molar-refractivity contribution in [3.63, 3.8) is 0 Å². The van der Waals surface area contributed by atoms with Crippen LogP contribution in [0.5, 0.6) is 0 Å². The van der Waals surface area contributed by atoms with E-state index in [1.54, 1.807) is 0 Å². The largest absolute Gasteiger partial charge is 0.356 e. The van der Waals surface area contributed by atoms with E-state index in [1.807, 2.05) is 0 Å². The van der Waals surface area contributed by atoms with E-state index in [0.717, 1.165) is 6.54 Å². The highest BCUT2D eigenvalue weighted by atomic mass is 16.1. The molecule has 0 unspecified atom stereocenters. The molecule has 1 amide bonds. The highest BCUT2D eigenvalue weighted by Crippen LogP contribution is 2.30. The summed E-state index contributed by atoms with van der Waals surface area (Å²) in [5.41, 5.74) is 0.286. The third-order valence-corrected chi connectivity index (χ3v) is 2.57. The Morgan fingerprint density at radius 3 is 2.60 bits per heavy atom. The molecule has 1 atom stereocenters. The van der Waals surface area contributed by atoms with E-state index in [-0.39, 0.29) is 11.3 Å². The molecule has 0 radical (unpaired) electrons. The van der Waals surface area contributed by atoms with Crippen LogP contribution in [0.2, 0.25) is 0 Å². The Morgan fingerprint density at radius 2 is 2.20 bits per heavy atom. The second-order valence-electron chi connectivity index (χ2n) is 3.87. The van der Waals surface area contributed by atoms with Gasteiger partial charge in [0.05, 0.1) is 0 Å². The second-order valence-corrected chi connectivity index (χ2v) is 3.87. The van der Waals surface area contributed by atoms with Gasteiger partial charge in [0, 0.05) is 13.0 Å². The van der Waals surface area contributed by atoms with Crippen molar-refractivity contribution in [2.45, 2.75) is 27.2 Å². The molecule has 1 rings (SSSR count). The summed E-state index contributed by atoms with van der Waals surface area (Å²) in [7, 11) is 0. The van der Waals surface area contributed by atoms with Gasteiger partial charge in [-0.25, -0.2) is 0 Å². The average molecular weight is 141 g/mol. The highest BCUT2D eigenvalue weighted by molar-refractivity contribution is 5.77. The summed E-state index contributed by atoms with van der Waals surface area (Å²) in [6, 6.07) is 0. The molecule has 1 fully saturated rings. The van der Waals surface area contributed by atoms with Gasteiger partial charge >= 0.3 is 0 Å². The SMILES string of the molecule is C[C@H]1CC(=O)NCC1(C)C. The summed E-state index contributed by atoms with van der Waals surface area (Å²) in [6.45, 7) is 7.35. The van der Waals surface area contributed by atoms with Crippen molar-refractivity contribution >= 4 is 5.91 Å². The predicted molar refractivity (Wildman–Crippen MR) is 40.6 cm³/mol. The first kappa shape index (κ1) is 7.58. The van der Waals surface area contributed by atoms with Gasteiger partial charge < -0.3 is 5.32 Å². The summed E-state index contributed by atoms with van der Waals surface area (Å²) in [4.78, 5) is 10.9. The van der Waals surface area contributed by atoms with E-state index in [9.17, 15) is 4.79 Å². The van der Waals surface area contributed by atoms with Crippen molar-refractivity contribution in [3.8, 4) is 0 Å². The molecule has 2 nitrogen and oxygen atoms in total. The molecule has 10 heavy (non-hydrogen) atoms. The minimum atomic E-state index is 0.201. The Balaban J connectivity index is 2.60. The summed E-state index contributed by atoms with van der Waals surface area (Å²) >= 11 is 0. The molecule has 0 aromatic carbocycles. The van der Waals surface area contributed by atoms with Crippen LogP contribution in [-0.2, 0) is 4.79 Å². The van der Waals surface area contributed by atoms with Crippen molar-refractivity contribution in [3.05, 3.63) is 0 Å². The Labute approximate surface area is 62.0 Å². The standard InChI is InChI=1S/C8H15NO/c1-6-4-7(10)9-5-8(6,2)3/h6H,4-5H2,1-3H3,(H,9,10)/t6-/m0/s1. The van der Waals surface area contributed by atoms with Crippen molar-refractivity contribution < 1.29 is 4.79 Å². The van der Waals surface area contributed by atoms with Crippen molar-refractivity contribution in [1.82, 2.24) is 5.32 Å². The monoisotopic (exact) mass is 141 g/mol. The van der Waals surface area contributed by atoms with E-state index < -0.39 is 0 Å². The lowest BCUT2D eigenvalue weighted by Gasteiger charge is -2.36. The quantitative estimate of drug-likeness (QED) is 0.539. The number of carbonyl (C=O) groups is 1. The molecule has 0 bridgehead atoms. The fourth-order valence-electron chi connectivity index (χ4n) is 1.13. The highest BCUT2D eigenvalue weighted by Gasteiger charge is 2.31. The zero-order chi connectivity index (χ0) is 7.78. The fraction of sp³-hybridized carbons (Fsp3) is 0.875. The zero-order valence-electron chi connectivity index (χ0n) is 6.90. The molecular weight excluding hydrogens is 126 g/mol. The molecule has 58 valence electrons. The number of rotatable bonds is 0. The first-order valence-electron chi connectivity index (χ1n) is 3.79. The third kappa shape index (κ3) is 1.31. The number of hydrogen-bond acceptors (Lipinski definition) is 1. The van der Waals surface area contributed by atoms with Gasteiger partial charge in [0.25, 0.3) is 0 Å². The van der Waals surface area contributed by atoms with Gasteiger partial charge in [0.15, 0.2) is 0 Å². The summed E-state index contributed by atoms with van der Waals surface area (Å²) in [5, 5.41) is 2.86. The number of hydrogen-bond donors (Lipinski definition) is 1. The minimum absolute atomic E-state index is 0.201. The number of nitrogens with one attached hydrogen (secondary N) is 1. The number of carbonyl (C=O) groups excluding carboxylic acids is 1. The molecule has 0 saturated carbocycles. The average Bonchev–Trinajstić information content (AvgIpc) is 1.81. The van der Waals surface area contributed by atoms with Gasteiger partial charge in [-0.3, -0.25) is 4.79 Å². The van der Waals surface area contributed by atoms with Gasteiger partial charge in [0.1, 0.15) is 0 Å². The van der Waals surface area contributed by atoms with Gasteiger partial charge in [0.2, 0.25) is 5.91 Å². The van der Waals surface area contributed by atoms with Crippen molar-refractivity contribution in [2.75, 3.05) is 6.54 Å². The van der Waals surface area contributed by atoms with E-state index in [2.05, 4.69) is 26.1 Å². The van der Waals surface area contributed by atoms with Crippen LogP contribution < -0.4 is 5.32 Å². The molecule has 0 aromatic heterocycles. The lowest BCUT2D eigenvalue weighted by atomic mass is 9.76. The normalized spacial score (nSPS) is 31.5. The van der Waals surface area contributed by atoms with Gasteiger partial charge in [-0.05, 0) is 11.3 Å². The van der Waals surface area contributed by atoms with E-state index >= 15 is 0 Å². The number of piperidine rings is 1. The van der Waals surface area contributed by atoms with Gasteiger partial charge in [-0.2, -0.15) is 0 Å². The first-order valence-corrected chi connectivity index (χ1v) is 3.79. The van der Waals surface area contributed by atoms with Crippen LogP contribution in [0.25, 0.3) is 0 Å². The second kappa shape index (κ2) is 2.26. The molecule has 1 N–H and O–H groups in total. The maximum absolute atomic E-state index is 10.9. The van der Waals surface area contributed by atoms with Crippen LogP contribution in [0, 0.1) is 11.3 Å². The van der Waals surface area contributed by atoms with Crippen LogP contribution in [0.15, 0.2) is 0 Å². The van der Waals surface area contributed by atoms with E-state index in [0.29, 0.717) is 12.3 Å². The topological polar surface area (TPSA) is 29.1 Å². The summed E-state index contributed by atoms with van der Waals surface area (Å²) in [6.07, 6.45) is 0.687. The predicted octanol–water partition coefficient (Wildman–Crippen LogP) is 1.17. The van der Waals surface area contributed by atoms with Gasteiger partial charge in [-0.15, -0.1) is 0 Å². The number of amides is 1. The Hall–Kier alpha value is -0.530. The molecular formula is C8H15NO. The summed E-state index contributed by atoms with van der Waals surface area (Å²) in [5.74, 6) is 0.716. The molecule has 2 heteroatoms. The molecule has 1 aliphatic rings. The zero-order valence-corrected chi connectivity index (χ0v) is 6.90. The first-order chi connectivity index (χ1) is 4.52. The Morgan fingerprint density at radius 1 is 1.60 bits per heavy atom. The molecule has 1 heterocycles. The Bertz CT molecular complexity index is 151. The fourth-order valence-corrected chi connectivity index (χ4v) is 1.13. The smallest absolute Gasteiger partial charge is 0.220 e. The molecule has 1 aliphatic heterocycles. The van der Waals surface area contributed by atoms with Crippen LogP contribution in [0.4, 0.5) is 0 Å². The summed E-state index contributed by atoms with van der Waals surface area (Å²) < 4.78 is 0. The maximum Gasteiger partial charge on any atom is 0.220 e. The third-order valence-electron chi connectivity index (χ3n) is 2.57. The Kier molecular flexibility index (Phi) is 1.71. The van der Waals surface area contributed by atoms with Crippen LogP contribution in [0.1, 0.15) is 27.2 Å². The minimum Gasteiger partial charge on any atom is -0.356 e. The van der Waals surface area contributed by atoms with Crippen molar-refractivity contribution in [2.24, 2.45) is 11.3 Å². The lowest BCUT2D eigenvalue weighted by molar-refractivity contribution is -0.125. The maximum atomic E-state index is 10.9. The van der Waals surface area contributed by atoms with E-state index in [4.69, 9.17) is 0 Å².